The molecule has 1 N–H and O–H groups in total. The minimum atomic E-state index is -0.776. The molecule has 1 aromatic heterocycles. The van der Waals surface area contributed by atoms with E-state index in [9.17, 15) is 19.5 Å². The number of amides is 2. The highest BCUT2D eigenvalue weighted by atomic mass is 16.7. The van der Waals surface area contributed by atoms with Crippen LogP contribution in [0.1, 0.15) is 32.0 Å². The molecule has 0 bridgehead atoms. The average molecular weight is 399 g/mol. The van der Waals surface area contributed by atoms with Crippen LogP contribution in [0.2, 0.25) is 0 Å². The first kappa shape index (κ1) is 18.9. The maximum atomic E-state index is 13.2. The SMILES string of the molecule is CN(C)C(=O)c1c2c(c(O)c(=O)n1C)C(=O)N(Cc1cccc3c1OCO3)CC2. The van der Waals surface area contributed by atoms with E-state index >= 15 is 0 Å². The van der Waals surface area contributed by atoms with Gasteiger partial charge in [-0.15, -0.1) is 0 Å². The van der Waals surface area contributed by atoms with Crippen molar-refractivity contribution in [2.24, 2.45) is 7.05 Å². The van der Waals surface area contributed by atoms with Gasteiger partial charge in [0.1, 0.15) is 5.69 Å². The van der Waals surface area contributed by atoms with Crippen LogP contribution in [-0.2, 0) is 20.0 Å². The molecule has 152 valence electrons. The predicted molar refractivity (Wildman–Crippen MR) is 102 cm³/mol. The Labute approximate surface area is 166 Å². The van der Waals surface area contributed by atoms with Gasteiger partial charge in [0, 0.05) is 45.4 Å². The summed E-state index contributed by atoms with van der Waals surface area (Å²) in [6.07, 6.45) is 0.337. The summed E-state index contributed by atoms with van der Waals surface area (Å²) in [7, 11) is 4.56. The van der Waals surface area contributed by atoms with Gasteiger partial charge < -0.3 is 28.9 Å². The van der Waals surface area contributed by atoms with Crippen molar-refractivity contribution in [3.05, 3.63) is 50.9 Å². The van der Waals surface area contributed by atoms with Crippen LogP contribution in [0.4, 0.5) is 0 Å². The second-order valence-corrected chi connectivity index (χ2v) is 7.24. The molecule has 9 nitrogen and oxygen atoms in total. The number of aromatic nitrogens is 1. The molecule has 0 spiro atoms. The van der Waals surface area contributed by atoms with Crippen LogP contribution in [0.15, 0.2) is 23.0 Å². The zero-order chi connectivity index (χ0) is 20.9. The van der Waals surface area contributed by atoms with E-state index < -0.39 is 23.1 Å². The van der Waals surface area contributed by atoms with Crippen LogP contribution >= 0.6 is 0 Å². The van der Waals surface area contributed by atoms with E-state index in [-0.39, 0.29) is 24.6 Å². The molecule has 0 saturated carbocycles. The summed E-state index contributed by atoms with van der Waals surface area (Å²) in [5.41, 5.74) is 0.404. The van der Waals surface area contributed by atoms with Crippen molar-refractivity contribution in [1.82, 2.24) is 14.4 Å². The number of hydrogen-bond acceptors (Lipinski definition) is 6. The summed E-state index contributed by atoms with van der Waals surface area (Å²) < 4.78 is 12.0. The summed E-state index contributed by atoms with van der Waals surface area (Å²) in [5.74, 6) is -0.324. The van der Waals surface area contributed by atoms with Crippen LogP contribution in [0.25, 0.3) is 0 Å². The van der Waals surface area contributed by atoms with Gasteiger partial charge in [-0.05, 0) is 12.5 Å². The number of ether oxygens (including phenoxy) is 2. The second-order valence-electron chi connectivity index (χ2n) is 7.24. The van der Waals surface area contributed by atoms with Crippen LogP contribution in [-0.4, -0.2) is 58.7 Å². The number of rotatable bonds is 3. The quantitative estimate of drug-likeness (QED) is 0.816. The number of fused-ring (bicyclic) bond motifs is 2. The molecule has 1 aromatic carbocycles. The van der Waals surface area contributed by atoms with Crippen LogP contribution in [0.3, 0.4) is 0 Å². The van der Waals surface area contributed by atoms with Gasteiger partial charge in [-0.2, -0.15) is 0 Å². The molecule has 2 aliphatic heterocycles. The Morgan fingerprint density at radius 2 is 2.00 bits per heavy atom. The molecule has 0 fully saturated rings. The van der Waals surface area contributed by atoms with E-state index in [4.69, 9.17) is 9.47 Å². The highest BCUT2D eigenvalue weighted by Gasteiger charge is 2.35. The number of para-hydroxylation sites is 1. The van der Waals surface area contributed by atoms with Gasteiger partial charge in [0.2, 0.25) is 6.79 Å². The molecule has 3 heterocycles. The molecular weight excluding hydrogens is 378 g/mol. The van der Waals surface area contributed by atoms with Gasteiger partial charge in [-0.1, -0.05) is 12.1 Å². The zero-order valence-corrected chi connectivity index (χ0v) is 16.4. The van der Waals surface area contributed by atoms with Crippen molar-refractivity contribution in [3.63, 3.8) is 0 Å². The van der Waals surface area contributed by atoms with E-state index in [0.717, 1.165) is 10.1 Å². The normalized spacial score (nSPS) is 14.7. The number of nitrogens with zero attached hydrogens (tertiary/aromatic N) is 3. The summed E-state index contributed by atoms with van der Waals surface area (Å²) in [6.45, 7) is 0.689. The molecule has 4 rings (SSSR count). The summed E-state index contributed by atoms with van der Waals surface area (Å²) in [6, 6.07) is 5.43. The van der Waals surface area contributed by atoms with E-state index in [1.54, 1.807) is 20.2 Å². The van der Waals surface area contributed by atoms with Gasteiger partial charge >= 0.3 is 0 Å². The maximum absolute atomic E-state index is 13.2. The monoisotopic (exact) mass is 399 g/mol. The van der Waals surface area contributed by atoms with Crippen molar-refractivity contribution in [1.29, 1.82) is 0 Å². The molecule has 0 unspecified atom stereocenters. The molecule has 0 aliphatic carbocycles. The minimum absolute atomic E-state index is 0.103. The number of carbonyl (C=O) groups is 2. The molecule has 0 atom stereocenters. The van der Waals surface area contributed by atoms with E-state index in [2.05, 4.69) is 0 Å². The third kappa shape index (κ3) is 2.89. The van der Waals surface area contributed by atoms with Crippen molar-refractivity contribution in [2.45, 2.75) is 13.0 Å². The Morgan fingerprint density at radius 3 is 2.72 bits per heavy atom. The number of benzene rings is 1. The molecule has 2 amide bonds. The Hall–Kier alpha value is -3.49. The highest BCUT2D eigenvalue weighted by molar-refractivity contribution is 6.03. The Balaban J connectivity index is 1.76. The molecular formula is C20H21N3O6. The lowest BCUT2D eigenvalue weighted by atomic mass is 9.95. The molecule has 29 heavy (non-hydrogen) atoms. The molecule has 0 radical (unpaired) electrons. The first-order valence-corrected chi connectivity index (χ1v) is 9.14. The first-order chi connectivity index (χ1) is 13.8. The van der Waals surface area contributed by atoms with Crippen LogP contribution < -0.4 is 15.0 Å². The maximum Gasteiger partial charge on any atom is 0.293 e. The Morgan fingerprint density at radius 1 is 1.24 bits per heavy atom. The molecule has 2 aromatic rings. The average Bonchev–Trinajstić information content (AvgIpc) is 3.17. The smallest absolute Gasteiger partial charge is 0.293 e. The van der Waals surface area contributed by atoms with Crippen molar-refractivity contribution >= 4 is 11.8 Å². The third-order valence-electron chi connectivity index (χ3n) is 5.25. The lowest BCUT2D eigenvalue weighted by Crippen LogP contribution is -2.42. The summed E-state index contributed by atoms with van der Waals surface area (Å²) >= 11 is 0. The number of carbonyl (C=O) groups excluding carboxylic acids is 2. The molecule has 0 saturated heterocycles. The van der Waals surface area contributed by atoms with Gasteiger partial charge in [0.05, 0.1) is 5.56 Å². The topological polar surface area (TPSA) is 101 Å². The summed E-state index contributed by atoms with van der Waals surface area (Å²) in [5, 5.41) is 10.4. The van der Waals surface area contributed by atoms with Crippen molar-refractivity contribution in [3.8, 4) is 17.2 Å². The third-order valence-corrected chi connectivity index (χ3v) is 5.25. The Kier molecular flexibility index (Phi) is 4.45. The highest BCUT2D eigenvalue weighted by Crippen LogP contribution is 2.37. The fraction of sp³-hybridized carbons (Fsp3) is 0.350. The molecule has 9 heteroatoms. The number of aromatic hydroxyl groups is 1. The predicted octanol–water partition coefficient (Wildman–Crippen LogP) is 0.720. The van der Waals surface area contributed by atoms with Gasteiger partial charge in [0.25, 0.3) is 17.4 Å². The van der Waals surface area contributed by atoms with Crippen LogP contribution in [0, 0.1) is 0 Å². The second kappa shape index (κ2) is 6.84. The Bertz CT molecular complexity index is 1090. The van der Waals surface area contributed by atoms with E-state index in [1.807, 2.05) is 12.1 Å². The lowest BCUT2D eigenvalue weighted by Gasteiger charge is -2.31. The fourth-order valence-corrected chi connectivity index (χ4v) is 3.77. The van der Waals surface area contributed by atoms with E-state index in [1.165, 1.54) is 16.8 Å². The largest absolute Gasteiger partial charge is 0.502 e. The van der Waals surface area contributed by atoms with Crippen molar-refractivity contribution in [2.75, 3.05) is 27.4 Å². The van der Waals surface area contributed by atoms with E-state index in [0.29, 0.717) is 30.0 Å². The first-order valence-electron chi connectivity index (χ1n) is 9.14. The lowest BCUT2D eigenvalue weighted by molar-refractivity contribution is 0.0718. The number of hydrogen-bond donors (Lipinski definition) is 1. The zero-order valence-electron chi connectivity index (χ0n) is 16.4. The standard InChI is InChI=1S/C20H21N3O6/c1-21(2)19(26)15-12-7-8-23(18(25)14(12)16(24)20(27)22(15)3)9-11-5-4-6-13-17(11)29-10-28-13/h4-6,24H,7-10H2,1-3H3. The fourth-order valence-electron chi connectivity index (χ4n) is 3.77. The van der Waals surface area contributed by atoms with Gasteiger partial charge in [0.15, 0.2) is 17.2 Å². The summed E-state index contributed by atoms with van der Waals surface area (Å²) in [4.78, 5) is 41.2. The van der Waals surface area contributed by atoms with Crippen LogP contribution in [0.5, 0.6) is 17.2 Å². The minimum Gasteiger partial charge on any atom is -0.502 e. The van der Waals surface area contributed by atoms with Gasteiger partial charge in [-0.3, -0.25) is 14.4 Å². The molecule has 2 aliphatic rings. The van der Waals surface area contributed by atoms with Gasteiger partial charge in [-0.25, -0.2) is 0 Å². The van der Waals surface area contributed by atoms with Crippen molar-refractivity contribution < 1.29 is 24.2 Å². The number of pyridine rings is 1.